The summed E-state index contributed by atoms with van der Waals surface area (Å²) in [6, 6.07) is 13.6. The lowest BCUT2D eigenvalue weighted by Crippen LogP contribution is -1.98. The van der Waals surface area contributed by atoms with Gasteiger partial charge in [0.25, 0.3) is 0 Å². The average Bonchev–Trinajstić information content (AvgIpc) is 3.02. The van der Waals surface area contributed by atoms with Gasteiger partial charge in [-0.05, 0) is 57.9 Å². The molecule has 136 valence electrons. The normalized spacial score (nSPS) is 10.9. The second-order valence-electron chi connectivity index (χ2n) is 5.68. The molecule has 0 spiro atoms. The molecule has 0 saturated carbocycles. The highest BCUT2D eigenvalue weighted by molar-refractivity contribution is 9.11. The molecule has 8 heteroatoms. The fourth-order valence-corrected chi connectivity index (χ4v) is 4.25. The van der Waals surface area contributed by atoms with Gasteiger partial charge in [-0.2, -0.15) is 0 Å². The molecule has 0 bridgehead atoms. The Balaban J connectivity index is 1.51. The second-order valence-corrected chi connectivity index (χ2v) is 8.51. The summed E-state index contributed by atoms with van der Waals surface area (Å²) >= 11 is 11.4. The number of anilines is 2. The van der Waals surface area contributed by atoms with Crippen molar-refractivity contribution < 1.29 is 9.13 Å². The zero-order chi connectivity index (χ0) is 18.8. The maximum atomic E-state index is 13.2. The molecule has 2 heterocycles. The number of fused-ring (bicyclic) bond motifs is 1. The van der Waals surface area contributed by atoms with E-state index >= 15 is 0 Å². The number of hydrogen-bond acceptors (Lipinski definition) is 5. The van der Waals surface area contributed by atoms with Crippen LogP contribution in [0.1, 0.15) is 5.56 Å². The van der Waals surface area contributed by atoms with Crippen LogP contribution >= 0.6 is 38.9 Å². The molecule has 4 aromatic rings. The topological polar surface area (TPSA) is 47.0 Å². The number of ether oxygens (including phenoxy) is 1. The fraction of sp³-hybridized carbons (Fsp3) is 0.0526. The summed E-state index contributed by atoms with van der Waals surface area (Å²) in [6.07, 6.45) is 1.52. The zero-order valence-electron chi connectivity index (χ0n) is 13.7. The third-order valence-corrected chi connectivity index (χ3v) is 5.69. The smallest absolute Gasteiger partial charge is 0.151 e. The summed E-state index contributed by atoms with van der Waals surface area (Å²) in [6.45, 7) is 0.236. The van der Waals surface area contributed by atoms with Gasteiger partial charge in [-0.1, -0.05) is 23.7 Å². The number of thiophene rings is 1. The van der Waals surface area contributed by atoms with Crippen molar-refractivity contribution in [2.45, 2.75) is 6.61 Å². The van der Waals surface area contributed by atoms with Crippen molar-refractivity contribution in [3.05, 3.63) is 75.0 Å². The summed E-state index contributed by atoms with van der Waals surface area (Å²) in [7, 11) is 0. The summed E-state index contributed by atoms with van der Waals surface area (Å²) < 4.78 is 20.9. The van der Waals surface area contributed by atoms with E-state index in [1.54, 1.807) is 35.6 Å². The van der Waals surface area contributed by atoms with Gasteiger partial charge in [0.05, 0.1) is 19.0 Å². The zero-order valence-corrected chi connectivity index (χ0v) is 16.9. The monoisotopic (exact) mass is 463 g/mol. The molecule has 0 radical (unpaired) electrons. The molecule has 2 aromatic heterocycles. The first kappa shape index (κ1) is 18.2. The summed E-state index contributed by atoms with van der Waals surface area (Å²) in [5, 5.41) is 3.71. The van der Waals surface area contributed by atoms with Crippen molar-refractivity contribution in [3.63, 3.8) is 0 Å². The van der Waals surface area contributed by atoms with Crippen LogP contribution in [0.2, 0.25) is 5.02 Å². The molecule has 0 aliphatic carbocycles. The minimum absolute atomic E-state index is 0.236. The first-order valence-corrected chi connectivity index (χ1v) is 9.91. The number of halogens is 3. The van der Waals surface area contributed by atoms with Crippen LogP contribution in [-0.2, 0) is 6.61 Å². The quantitative estimate of drug-likeness (QED) is 0.363. The van der Waals surface area contributed by atoms with E-state index in [0.717, 1.165) is 25.3 Å². The summed E-state index contributed by atoms with van der Waals surface area (Å²) in [4.78, 5) is 8.56. The van der Waals surface area contributed by atoms with E-state index < -0.39 is 0 Å². The van der Waals surface area contributed by atoms with E-state index in [-0.39, 0.29) is 12.4 Å². The standard InChI is InChI=1S/C19H12BrClFN3OS/c20-17-8-15-18(27-17)19(24-10-23-15)25-13-4-5-16(14(21)7-13)26-9-11-2-1-3-12(22)6-11/h1-8,10H,9H2,(H,23,24,25). The molecule has 2 aromatic carbocycles. The molecular formula is C19H12BrClFN3OS. The van der Waals surface area contributed by atoms with Crippen LogP contribution in [0.4, 0.5) is 15.9 Å². The van der Waals surface area contributed by atoms with Gasteiger partial charge < -0.3 is 10.1 Å². The van der Waals surface area contributed by atoms with Crippen LogP contribution in [0, 0.1) is 5.82 Å². The van der Waals surface area contributed by atoms with Gasteiger partial charge in [0.15, 0.2) is 5.82 Å². The Morgan fingerprint density at radius 3 is 2.85 bits per heavy atom. The van der Waals surface area contributed by atoms with Crippen LogP contribution in [0.25, 0.3) is 10.2 Å². The van der Waals surface area contributed by atoms with Crippen LogP contribution in [0.3, 0.4) is 0 Å². The van der Waals surface area contributed by atoms with E-state index in [9.17, 15) is 4.39 Å². The van der Waals surface area contributed by atoms with E-state index in [0.29, 0.717) is 16.6 Å². The SMILES string of the molecule is Fc1cccc(COc2ccc(Nc3ncnc4cc(Br)sc34)cc2Cl)c1. The predicted octanol–water partition coefficient (Wildman–Crippen LogP) is 6.57. The number of nitrogens with zero attached hydrogens (tertiary/aromatic N) is 2. The third-order valence-electron chi connectivity index (χ3n) is 3.76. The van der Waals surface area contributed by atoms with E-state index in [1.165, 1.54) is 18.5 Å². The minimum Gasteiger partial charge on any atom is -0.487 e. The van der Waals surface area contributed by atoms with Gasteiger partial charge in [-0.25, -0.2) is 14.4 Å². The van der Waals surface area contributed by atoms with Crippen molar-refractivity contribution >= 4 is 60.6 Å². The number of hydrogen-bond donors (Lipinski definition) is 1. The maximum Gasteiger partial charge on any atom is 0.151 e. The molecule has 0 amide bonds. The number of rotatable bonds is 5. The molecule has 27 heavy (non-hydrogen) atoms. The van der Waals surface area contributed by atoms with Crippen molar-refractivity contribution in [2.75, 3.05) is 5.32 Å². The first-order chi connectivity index (χ1) is 13.1. The molecule has 0 atom stereocenters. The molecule has 0 fully saturated rings. The van der Waals surface area contributed by atoms with Gasteiger partial charge in [0.2, 0.25) is 0 Å². The Morgan fingerprint density at radius 1 is 1.15 bits per heavy atom. The predicted molar refractivity (Wildman–Crippen MR) is 111 cm³/mol. The fourth-order valence-electron chi connectivity index (χ4n) is 2.53. The molecule has 4 rings (SSSR count). The van der Waals surface area contributed by atoms with Gasteiger partial charge in [0, 0.05) is 5.69 Å². The Hall–Kier alpha value is -2.22. The van der Waals surface area contributed by atoms with Crippen LogP contribution in [-0.4, -0.2) is 9.97 Å². The molecule has 0 unspecified atom stereocenters. The maximum absolute atomic E-state index is 13.2. The number of aromatic nitrogens is 2. The summed E-state index contributed by atoms with van der Waals surface area (Å²) in [5.74, 6) is 0.941. The van der Waals surface area contributed by atoms with Gasteiger partial charge in [-0.15, -0.1) is 11.3 Å². The van der Waals surface area contributed by atoms with Crippen molar-refractivity contribution in [1.82, 2.24) is 9.97 Å². The lowest BCUT2D eigenvalue weighted by Gasteiger charge is -2.11. The van der Waals surface area contributed by atoms with Gasteiger partial charge >= 0.3 is 0 Å². The highest BCUT2D eigenvalue weighted by atomic mass is 79.9. The highest BCUT2D eigenvalue weighted by Gasteiger charge is 2.10. The molecule has 1 N–H and O–H groups in total. The number of benzene rings is 2. The Bertz CT molecular complexity index is 1120. The van der Waals surface area contributed by atoms with Crippen LogP contribution in [0.5, 0.6) is 5.75 Å². The van der Waals surface area contributed by atoms with E-state index in [2.05, 4.69) is 31.2 Å². The third kappa shape index (κ3) is 4.21. The first-order valence-electron chi connectivity index (χ1n) is 7.92. The van der Waals surface area contributed by atoms with Gasteiger partial charge in [-0.3, -0.25) is 0 Å². The Kier molecular flexibility index (Phi) is 5.24. The average molecular weight is 465 g/mol. The lowest BCUT2D eigenvalue weighted by atomic mass is 10.2. The van der Waals surface area contributed by atoms with E-state index in [1.807, 2.05) is 12.1 Å². The van der Waals surface area contributed by atoms with E-state index in [4.69, 9.17) is 16.3 Å². The number of nitrogens with one attached hydrogen (secondary N) is 1. The molecule has 0 aliphatic rings. The van der Waals surface area contributed by atoms with Gasteiger partial charge in [0.1, 0.15) is 24.5 Å². The van der Waals surface area contributed by atoms with Crippen LogP contribution in [0.15, 0.2) is 58.6 Å². The van der Waals surface area contributed by atoms with Crippen LogP contribution < -0.4 is 10.1 Å². The Labute approximate surface area is 172 Å². The van der Waals surface area contributed by atoms with Crippen molar-refractivity contribution in [2.24, 2.45) is 0 Å². The molecule has 0 saturated heterocycles. The van der Waals surface area contributed by atoms with Crippen molar-refractivity contribution in [3.8, 4) is 5.75 Å². The Morgan fingerprint density at radius 2 is 2.04 bits per heavy atom. The van der Waals surface area contributed by atoms with Crippen molar-refractivity contribution in [1.29, 1.82) is 0 Å². The molecular weight excluding hydrogens is 453 g/mol. The second kappa shape index (κ2) is 7.80. The minimum atomic E-state index is -0.293. The molecule has 0 aliphatic heterocycles. The highest BCUT2D eigenvalue weighted by Crippen LogP contribution is 2.35. The lowest BCUT2D eigenvalue weighted by molar-refractivity contribution is 0.306. The largest absolute Gasteiger partial charge is 0.487 e. The molecule has 4 nitrogen and oxygen atoms in total. The summed E-state index contributed by atoms with van der Waals surface area (Å²) in [5.41, 5.74) is 2.38.